The van der Waals surface area contributed by atoms with E-state index in [2.05, 4.69) is 10.2 Å². The Morgan fingerprint density at radius 3 is 2.29 bits per heavy atom. The van der Waals surface area contributed by atoms with E-state index >= 15 is 0 Å². The first-order valence-electron chi connectivity index (χ1n) is 5.45. The number of halogens is 4. The van der Waals surface area contributed by atoms with E-state index in [1.807, 2.05) is 0 Å². The molecular weight excluding hydrogens is 257 g/mol. The van der Waals surface area contributed by atoms with E-state index in [1.54, 1.807) is 0 Å². The maximum Gasteiger partial charge on any atom is 0.391 e. The third-order valence-electron chi connectivity index (χ3n) is 3.14. The second-order valence-electron chi connectivity index (χ2n) is 4.26. The zero-order chi connectivity index (χ0) is 12.5. The van der Waals surface area contributed by atoms with Gasteiger partial charge in [0.25, 0.3) is 0 Å². The highest BCUT2D eigenvalue weighted by atomic mass is 35.5. The molecule has 1 fully saturated rings. The highest BCUT2D eigenvalue weighted by Gasteiger charge is 2.42. The molecule has 2 rings (SSSR count). The number of alkyl halides is 4. The molecule has 0 radical (unpaired) electrons. The molecule has 1 heterocycles. The van der Waals surface area contributed by atoms with Gasteiger partial charge in [-0.2, -0.15) is 13.2 Å². The summed E-state index contributed by atoms with van der Waals surface area (Å²) in [7, 11) is 0. The molecule has 0 amide bonds. The lowest BCUT2D eigenvalue weighted by Crippen LogP contribution is -2.27. The van der Waals surface area contributed by atoms with Gasteiger partial charge < -0.3 is 4.42 Å². The van der Waals surface area contributed by atoms with Crippen molar-refractivity contribution in [2.75, 3.05) is 0 Å². The van der Waals surface area contributed by atoms with Gasteiger partial charge in [-0.3, -0.25) is 0 Å². The van der Waals surface area contributed by atoms with Crippen molar-refractivity contribution in [2.24, 2.45) is 5.92 Å². The molecule has 1 aliphatic rings. The maximum atomic E-state index is 12.5. The molecule has 0 N–H and O–H groups in total. The molecule has 1 aromatic heterocycles. The van der Waals surface area contributed by atoms with Gasteiger partial charge in [0.1, 0.15) is 5.88 Å². The van der Waals surface area contributed by atoms with Gasteiger partial charge in [-0.05, 0) is 25.7 Å². The zero-order valence-corrected chi connectivity index (χ0v) is 9.76. The van der Waals surface area contributed by atoms with Crippen molar-refractivity contribution in [3.63, 3.8) is 0 Å². The monoisotopic (exact) mass is 268 g/mol. The number of hydrogen-bond donors (Lipinski definition) is 0. The van der Waals surface area contributed by atoms with Crippen LogP contribution in [0.5, 0.6) is 0 Å². The van der Waals surface area contributed by atoms with Crippen molar-refractivity contribution in [2.45, 2.75) is 43.7 Å². The Kier molecular flexibility index (Phi) is 3.61. The molecule has 0 unspecified atom stereocenters. The summed E-state index contributed by atoms with van der Waals surface area (Å²) >= 11 is 5.52. The van der Waals surface area contributed by atoms with Crippen LogP contribution >= 0.6 is 11.6 Å². The lowest BCUT2D eigenvalue weighted by atomic mass is 9.81. The zero-order valence-electron chi connectivity index (χ0n) is 9.00. The van der Waals surface area contributed by atoms with Gasteiger partial charge in [0, 0.05) is 5.92 Å². The van der Waals surface area contributed by atoms with Crippen molar-refractivity contribution >= 4 is 11.6 Å². The summed E-state index contributed by atoms with van der Waals surface area (Å²) in [6.45, 7) is 0. The van der Waals surface area contributed by atoms with Crippen molar-refractivity contribution in [3.8, 4) is 0 Å². The first-order chi connectivity index (χ1) is 8.00. The minimum Gasteiger partial charge on any atom is -0.424 e. The molecule has 3 nitrogen and oxygen atoms in total. The normalized spacial score (nSPS) is 26.1. The highest BCUT2D eigenvalue weighted by Crippen LogP contribution is 2.42. The van der Waals surface area contributed by atoms with E-state index in [1.165, 1.54) is 0 Å². The summed E-state index contributed by atoms with van der Waals surface area (Å²) < 4.78 is 42.6. The number of hydrogen-bond acceptors (Lipinski definition) is 3. The molecule has 0 bridgehead atoms. The fourth-order valence-electron chi connectivity index (χ4n) is 2.15. The summed E-state index contributed by atoms with van der Waals surface area (Å²) in [5, 5.41) is 7.52. The topological polar surface area (TPSA) is 38.9 Å². The van der Waals surface area contributed by atoms with Gasteiger partial charge in [-0.25, -0.2) is 0 Å². The smallest absolute Gasteiger partial charge is 0.391 e. The van der Waals surface area contributed by atoms with Crippen LogP contribution in [-0.4, -0.2) is 16.4 Å². The fourth-order valence-corrected chi connectivity index (χ4v) is 2.26. The van der Waals surface area contributed by atoms with Crippen LogP contribution in [-0.2, 0) is 5.88 Å². The molecule has 0 atom stereocenters. The summed E-state index contributed by atoms with van der Waals surface area (Å²) in [5.41, 5.74) is 0. The first kappa shape index (κ1) is 12.7. The van der Waals surface area contributed by atoms with Crippen molar-refractivity contribution in [3.05, 3.63) is 11.8 Å². The molecular formula is C10H12ClF3N2O. The lowest BCUT2D eigenvalue weighted by molar-refractivity contribution is -0.182. The third-order valence-corrected chi connectivity index (χ3v) is 3.36. The van der Waals surface area contributed by atoms with Gasteiger partial charge in [0.15, 0.2) is 0 Å². The van der Waals surface area contributed by atoms with E-state index < -0.39 is 12.1 Å². The van der Waals surface area contributed by atoms with Gasteiger partial charge >= 0.3 is 6.18 Å². The Morgan fingerprint density at radius 2 is 1.82 bits per heavy atom. The first-order valence-corrected chi connectivity index (χ1v) is 5.99. The summed E-state index contributed by atoms with van der Waals surface area (Å²) in [6.07, 6.45) is -2.94. The summed E-state index contributed by atoms with van der Waals surface area (Å²) in [5.74, 6) is -0.377. The quantitative estimate of drug-likeness (QED) is 0.769. The third kappa shape index (κ3) is 2.91. The van der Waals surface area contributed by atoms with E-state index in [9.17, 15) is 13.2 Å². The summed E-state index contributed by atoms with van der Waals surface area (Å²) in [6, 6.07) is 0. The van der Waals surface area contributed by atoms with Crippen LogP contribution in [0.15, 0.2) is 4.42 Å². The minimum atomic E-state index is -4.08. The van der Waals surface area contributed by atoms with Gasteiger partial charge in [-0.1, -0.05) is 0 Å². The summed E-state index contributed by atoms with van der Waals surface area (Å²) in [4.78, 5) is 0. The largest absolute Gasteiger partial charge is 0.424 e. The number of nitrogens with zero attached hydrogens (tertiary/aromatic N) is 2. The predicted molar refractivity (Wildman–Crippen MR) is 54.6 cm³/mol. The predicted octanol–water partition coefficient (Wildman–Crippen LogP) is 3.64. The second kappa shape index (κ2) is 4.84. The van der Waals surface area contributed by atoms with Gasteiger partial charge in [0.05, 0.1) is 5.92 Å². The Morgan fingerprint density at radius 1 is 1.18 bits per heavy atom. The minimum absolute atomic E-state index is 0.0573. The number of aromatic nitrogens is 2. The second-order valence-corrected chi connectivity index (χ2v) is 4.53. The van der Waals surface area contributed by atoms with Crippen LogP contribution in [0.4, 0.5) is 13.2 Å². The van der Waals surface area contributed by atoms with Crippen LogP contribution in [0.25, 0.3) is 0 Å². The Balaban J connectivity index is 1.95. The Bertz CT molecular complexity index is 372. The van der Waals surface area contributed by atoms with Crippen LogP contribution in [0, 0.1) is 5.92 Å². The molecule has 0 saturated heterocycles. The van der Waals surface area contributed by atoms with E-state index in [0.717, 1.165) is 0 Å². The average Bonchev–Trinajstić information content (AvgIpc) is 2.76. The molecule has 96 valence electrons. The molecule has 7 heteroatoms. The molecule has 0 spiro atoms. The van der Waals surface area contributed by atoms with Crippen LogP contribution in [0.2, 0.25) is 0 Å². The van der Waals surface area contributed by atoms with E-state index in [0.29, 0.717) is 24.6 Å². The number of rotatable bonds is 2. The molecule has 0 aromatic carbocycles. The molecule has 1 saturated carbocycles. The Hall–Kier alpha value is -0.780. The average molecular weight is 269 g/mol. The van der Waals surface area contributed by atoms with E-state index in [-0.39, 0.29) is 24.6 Å². The molecule has 17 heavy (non-hydrogen) atoms. The van der Waals surface area contributed by atoms with Crippen LogP contribution in [0.1, 0.15) is 43.4 Å². The molecule has 1 aromatic rings. The molecule has 1 aliphatic carbocycles. The standard InChI is InChI=1S/C10H12ClF3N2O/c11-5-8-15-16-9(17-8)6-1-3-7(4-2-6)10(12,13)14/h6-7H,1-5H2. The lowest BCUT2D eigenvalue weighted by Gasteiger charge is -2.27. The SMILES string of the molecule is FC(F)(F)C1CCC(c2nnc(CCl)o2)CC1. The van der Waals surface area contributed by atoms with Crippen LogP contribution < -0.4 is 0 Å². The van der Waals surface area contributed by atoms with Gasteiger partial charge in [0.2, 0.25) is 11.8 Å². The van der Waals surface area contributed by atoms with E-state index in [4.69, 9.17) is 16.0 Å². The molecule has 0 aliphatic heterocycles. The maximum absolute atomic E-state index is 12.5. The fraction of sp³-hybridized carbons (Fsp3) is 0.800. The van der Waals surface area contributed by atoms with Crippen molar-refractivity contribution < 1.29 is 17.6 Å². The van der Waals surface area contributed by atoms with Gasteiger partial charge in [-0.15, -0.1) is 21.8 Å². The Labute approximate surface area is 101 Å². The van der Waals surface area contributed by atoms with Crippen LogP contribution in [0.3, 0.4) is 0 Å². The van der Waals surface area contributed by atoms with Crippen molar-refractivity contribution in [1.82, 2.24) is 10.2 Å². The van der Waals surface area contributed by atoms with Crippen molar-refractivity contribution in [1.29, 1.82) is 0 Å². The highest BCUT2D eigenvalue weighted by molar-refractivity contribution is 6.16.